The van der Waals surface area contributed by atoms with E-state index >= 15 is 0 Å². The van der Waals surface area contributed by atoms with E-state index in [0.29, 0.717) is 61.7 Å². The summed E-state index contributed by atoms with van der Waals surface area (Å²) in [5.74, 6) is 1.18. The molecule has 1 aromatic carbocycles. The predicted molar refractivity (Wildman–Crippen MR) is 161 cm³/mol. The summed E-state index contributed by atoms with van der Waals surface area (Å²) in [6.45, 7) is 15.0. The smallest absolute Gasteiger partial charge is 0.420 e. The monoisotopic (exact) mass is 600 g/mol. The molecule has 4 heterocycles. The van der Waals surface area contributed by atoms with E-state index in [9.17, 15) is 9.59 Å². The Balaban J connectivity index is 1.49. The van der Waals surface area contributed by atoms with E-state index < -0.39 is 17.3 Å². The number of pyridine rings is 1. The minimum atomic E-state index is -0.726. The van der Waals surface area contributed by atoms with Crippen LogP contribution < -0.4 is 14.5 Å². The minimum absolute atomic E-state index is 0.190. The van der Waals surface area contributed by atoms with Crippen molar-refractivity contribution in [2.75, 3.05) is 49.2 Å². The number of piperidine rings is 1. The zero-order valence-electron chi connectivity index (χ0n) is 25.4. The van der Waals surface area contributed by atoms with E-state index in [0.717, 1.165) is 29.7 Å². The van der Waals surface area contributed by atoms with Crippen LogP contribution in [0.3, 0.4) is 0 Å². The number of halogens is 1. The van der Waals surface area contributed by atoms with Crippen molar-refractivity contribution in [1.82, 2.24) is 9.88 Å². The highest BCUT2D eigenvalue weighted by Crippen LogP contribution is 2.46. The van der Waals surface area contributed by atoms with Gasteiger partial charge in [0.1, 0.15) is 23.6 Å². The summed E-state index contributed by atoms with van der Waals surface area (Å²) in [4.78, 5) is 36.6. The van der Waals surface area contributed by atoms with Crippen LogP contribution in [0.1, 0.15) is 71.4 Å². The van der Waals surface area contributed by atoms with Crippen LogP contribution >= 0.6 is 11.6 Å². The van der Waals surface area contributed by atoms with E-state index in [1.165, 1.54) is 4.90 Å². The molecule has 0 spiro atoms. The second-order valence-corrected chi connectivity index (χ2v) is 13.3. The fraction of sp³-hybridized carbons (Fsp3) is 0.581. The molecule has 0 atom stereocenters. The number of morpholine rings is 1. The van der Waals surface area contributed by atoms with Gasteiger partial charge in [-0.05, 0) is 78.0 Å². The summed E-state index contributed by atoms with van der Waals surface area (Å²) in [5.41, 5.74) is 1.88. The third-order valence-electron chi connectivity index (χ3n) is 7.41. The van der Waals surface area contributed by atoms with Crippen molar-refractivity contribution in [2.45, 2.75) is 78.1 Å². The number of benzene rings is 1. The summed E-state index contributed by atoms with van der Waals surface area (Å²) in [7, 11) is 0. The van der Waals surface area contributed by atoms with Gasteiger partial charge in [0.25, 0.3) is 0 Å². The molecule has 2 amide bonds. The standard InChI is InChI=1S/C31H41ClN4O6/c1-30(2,3)41-28(37)35-11-9-20(10-12-35)21-7-8-25-24(17-21)36(29(38)42-31(4,5)6)27-22(19-40-25)26(23(32)18-33-27)34-13-15-39-16-14-34/h7-8,17-18,20H,9-16,19H2,1-6H3. The van der Waals surface area contributed by atoms with E-state index in [2.05, 4.69) is 9.88 Å². The quantitative estimate of drug-likeness (QED) is 0.378. The molecule has 3 aliphatic rings. The fourth-order valence-electron chi connectivity index (χ4n) is 5.52. The summed E-state index contributed by atoms with van der Waals surface area (Å²) in [6, 6.07) is 5.94. The topological polar surface area (TPSA) is 93.7 Å². The van der Waals surface area contributed by atoms with Gasteiger partial charge in [-0.25, -0.2) is 19.5 Å². The van der Waals surface area contributed by atoms with Crippen molar-refractivity contribution < 1.29 is 28.5 Å². The molecule has 0 radical (unpaired) electrons. The van der Waals surface area contributed by atoms with Crippen LogP contribution in [0.2, 0.25) is 5.02 Å². The van der Waals surface area contributed by atoms with Gasteiger partial charge in [0.15, 0.2) is 5.82 Å². The molecule has 1 aromatic heterocycles. The van der Waals surface area contributed by atoms with E-state index in [1.807, 2.05) is 59.7 Å². The lowest BCUT2D eigenvalue weighted by Gasteiger charge is -2.34. The molecule has 0 bridgehead atoms. The van der Waals surface area contributed by atoms with Crippen molar-refractivity contribution in [3.05, 3.63) is 40.5 Å². The third kappa shape index (κ3) is 6.70. The molecule has 0 saturated carbocycles. The molecule has 0 unspecified atom stereocenters. The molecule has 228 valence electrons. The summed E-state index contributed by atoms with van der Waals surface area (Å²) in [5, 5.41) is 0.492. The first-order valence-electron chi connectivity index (χ1n) is 14.6. The number of fused-ring (bicyclic) bond motifs is 2. The highest BCUT2D eigenvalue weighted by molar-refractivity contribution is 6.33. The zero-order chi connectivity index (χ0) is 30.2. The fourth-order valence-corrected chi connectivity index (χ4v) is 5.81. The number of nitrogens with zero attached hydrogens (tertiary/aromatic N) is 4. The average Bonchev–Trinajstić information content (AvgIpc) is 3.08. The molecule has 0 N–H and O–H groups in total. The molecule has 2 fully saturated rings. The highest BCUT2D eigenvalue weighted by Gasteiger charge is 2.36. The molecule has 0 aliphatic carbocycles. The molecule has 11 heteroatoms. The van der Waals surface area contributed by atoms with Gasteiger partial charge < -0.3 is 28.7 Å². The number of rotatable bonds is 2. The van der Waals surface area contributed by atoms with Gasteiger partial charge in [-0.1, -0.05) is 17.7 Å². The summed E-state index contributed by atoms with van der Waals surface area (Å²) in [6.07, 6.45) is 2.30. The van der Waals surface area contributed by atoms with E-state index in [1.54, 1.807) is 11.1 Å². The van der Waals surface area contributed by atoms with Crippen molar-refractivity contribution in [1.29, 1.82) is 0 Å². The highest BCUT2D eigenvalue weighted by atomic mass is 35.5. The van der Waals surface area contributed by atoms with Gasteiger partial charge in [0.2, 0.25) is 0 Å². The molecule has 3 aliphatic heterocycles. The van der Waals surface area contributed by atoms with Gasteiger partial charge >= 0.3 is 12.2 Å². The maximum Gasteiger partial charge on any atom is 0.420 e. The zero-order valence-corrected chi connectivity index (χ0v) is 26.1. The van der Waals surface area contributed by atoms with Crippen LogP contribution in [0.5, 0.6) is 5.75 Å². The predicted octanol–water partition coefficient (Wildman–Crippen LogP) is 6.65. The third-order valence-corrected chi connectivity index (χ3v) is 7.69. The first kappa shape index (κ1) is 30.2. The SMILES string of the molecule is CC(C)(C)OC(=O)N1CCC(c2ccc3c(c2)N(C(=O)OC(C)(C)C)c2ncc(Cl)c(N4CCOCC4)c2CO3)CC1. The largest absolute Gasteiger partial charge is 0.486 e. The normalized spacial score (nSPS) is 18.0. The van der Waals surface area contributed by atoms with Crippen LogP contribution in [0.4, 0.5) is 26.8 Å². The number of aromatic nitrogens is 1. The van der Waals surface area contributed by atoms with Crippen molar-refractivity contribution in [2.24, 2.45) is 0 Å². The Morgan fingerprint density at radius 3 is 2.24 bits per heavy atom. The molecule has 42 heavy (non-hydrogen) atoms. The number of hydrogen-bond donors (Lipinski definition) is 0. The Bertz CT molecular complexity index is 1320. The maximum absolute atomic E-state index is 13.9. The van der Waals surface area contributed by atoms with E-state index in [-0.39, 0.29) is 18.6 Å². The molecule has 2 saturated heterocycles. The summed E-state index contributed by atoms with van der Waals surface area (Å²) < 4.78 is 23.4. The average molecular weight is 601 g/mol. The second kappa shape index (κ2) is 11.8. The van der Waals surface area contributed by atoms with Gasteiger partial charge in [-0.3, -0.25) is 0 Å². The Labute approximate surface area is 252 Å². The molecule has 5 rings (SSSR count). The summed E-state index contributed by atoms with van der Waals surface area (Å²) >= 11 is 6.72. The van der Waals surface area contributed by atoms with Crippen molar-refractivity contribution >= 4 is 41.0 Å². The lowest BCUT2D eigenvalue weighted by atomic mass is 9.89. The van der Waals surface area contributed by atoms with Crippen LogP contribution in [0.15, 0.2) is 24.4 Å². The number of anilines is 3. The Morgan fingerprint density at radius 1 is 0.952 bits per heavy atom. The molecular weight excluding hydrogens is 560 g/mol. The maximum atomic E-state index is 13.9. The lowest BCUT2D eigenvalue weighted by molar-refractivity contribution is 0.0204. The molecule has 10 nitrogen and oxygen atoms in total. The first-order chi connectivity index (χ1) is 19.8. The van der Waals surface area contributed by atoms with Gasteiger partial charge in [0, 0.05) is 26.2 Å². The number of likely N-dealkylation sites (tertiary alicyclic amines) is 1. The second-order valence-electron chi connectivity index (χ2n) is 12.9. The number of hydrogen-bond acceptors (Lipinski definition) is 8. The van der Waals surface area contributed by atoms with Gasteiger partial charge in [-0.2, -0.15) is 0 Å². The Morgan fingerprint density at radius 2 is 1.60 bits per heavy atom. The molecular formula is C31H41ClN4O6. The molecule has 2 aromatic rings. The van der Waals surface area contributed by atoms with Crippen LogP contribution in [0, 0.1) is 0 Å². The number of carbonyl (C=O) groups is 2. The Kier molecular flexibility index (Phi) is 8.49. The van der Waals surface area contributed by atoms with Crippen LogP contribution in [-0.4, -0.2) is 72.7 Å². The number of carbonyl (C=O) groups excluding carboxylic acids is 2. The van der Waals surface area contributed by atoms with Crippen molar-refractivity contribution in [3.63, 3.8) is 0 Å². The van der Waals surface area contributed by atoms with E-state index in [4.69, 9.17) is 30.5 Å². The number of ether oxygens (including phenoxy) is 4. The van der Waals surface area contributed by atoms with Gasteiger partial charge in [0.05, 0.1) is 41.4 Å². The van der Waals surface area contributed by atoms with Crippen LogP contribution in [-0.2, 0) is 20.8 Å². The Hall–Kier alpha value is -3.24. The lowest BCUT2D eigenvalue weighted by Crippen LogP contribution is -2.41. The van der Waals surface area contributed by atoms with Crippen LogP contribution in [0.25, 0.3) is 0 Å². The minimum Gasteiger partial charge on any atom is -0.486 e. The first-order valence-corrected chi connectivity index (χ1v) is 15.0. The van der Waals surface area contributed by atoms with Crippen molar-refractivity contribution in [3.8, 4) is 5.75 Å². The number of amides is 2. The van der Waals surface area contributed by atoms with Gasteiger partial charge in [-0.15, -0.1) is 0 Å².